The van der Waals surface area contributed by atoms with E-state index < -0.39 is 0 Å². The van der Waals surface area contributed by atoms with Crippen molar-refractivity contribution in [3.05, 3.63) is 0 Å². The second-order valence-electron chi connectivity index (χ2n) is 1.48. The van der Waals surface area contributed by atoms with Crippen molar-refractivity contribution in [1.29, 1.82) is 5.41 Å². The zero-order chi connectivity index (χ0) is 6.41. The minimum atomic E-state index is 0.302. The predicted molar refractivity (Wildman–Crippen MR) is 33.1 cm³/mol. The normalized spacial score (nSPS) is 8.00. The molecule has 1 N–H and O–H groups in total. The van der Waals surface area contributed by atoms with Crippen LogP contribution >= 0.6 is 0 Å². The number of hydrogen-bond acceptors (Lipinski definition) is 2. The van der Waals surface area contributed by atoms with E-state index in [-0.39, 0.29) is 0 Å². The quantitative estimate of drug-likeness (QED) is 0.324. The Kier molecular flexibility index (Phi) is 3.91. The maximum absolute atomic E-state index is 6.88. The van der Waals surface area contributed by atoms with Crippen molar-refractivity contribution in [1.82, 2.24) is 0 Å². The molecule has 0 atom stereocenters. The summed E-state index contributed by atoms with van der Waals surface area (Å²) in [6.07, 6.45) is 4.87. The lowest BCUT2D eigenvalue weighted by Crippen LogP contribution is -2.02. The number of rotatable bonds is 3. The Labute approximate surface area is 49.4 Å². The highest BCUT2D eigenvalue weighted by molar-refractivity contribution is 5.79. The second kappa shape index (κ2) is 4.35. The molecule has 0 aromatic rings. The molecule has 0 saturated carbocycles. The molecule has 0 bridgehead atoms. The van der Waals surface area contributed by atoms with Crippen molar-refractivity contribution < 1.29 is 4.74 Å². The van der Waals surface area contributed by atoms with Crippen molar-refractivity contribution in [2.75, 3.05) is 13.2 Å². The Morgan fingerprint density at radius 2 is 2.50 bits per heavy atom. The highest BCUT2D eigenvalue weighted by Crippen LogP contribution is 1.73. The van der Waals surface area contributed by atoms with Crippen LogP contribution in [0, 0.1) is 17.8 Å². The Bertz CT molecular complexity index is 112. The molecule has 0 aliphatic heterocycles. The molecule has 0 rings (SSSR count). The largest absolute Gasteiger partial charge is 0.363 e. The van der Waals surface area contributed by atoms with Crippen LogP contribution in [-0.2, 0) is 4.74 Å². The van der Waals surface area contributed by atoms with Crippen molar-refractivity contribution in [3.63, 3.8) is 0 Å². The van der Waals surface area contributed by atoms with Crippen LogP contribution in [0.15, 0.2) is 0 Å². The zero-order valence-electron chi connectivity index (χ0n) is 4.90. The van der Waals surface area contributed by atoms with Crippen LogP contribution < -0.4 is 0 Å². The van der Waals surface area contributed by atoms with Gasteiger partial charge in [-0.15, -0.1) is 6.42 Å². The number of ether oxygens (including phenoxy) is 1. The van der Waals surface area contributed by atoms with Crippen LogP contribution in [-0.4, -0.2) is 18.9 Å². The summed E-state index contributed by atoms with van der Waals surface area (Å²) >= 11 is 0. The van der Waals surface area contributed by atoms with Gasteiger partial charge >= 0.3 is 0 Å². The molecule has 0 radical (unpaired) electrons. The van der Waals surface area contributed by atoms with Gasteiger partial charge in [0.1, 0.15) is 6.61 Å². The number of terminal acetylenes is 1. The van der Waals surface area contributed by atoms with Gasteiger partial charge in [0.15, 0.2) is 0 Å². The summed E-state index contributed by atoms with van der Waals surface area (Å²) in [6.45, 7) is 2.33. The van der Waals surface area contributed by atoms with Gasteiger partial charge in [-0.05, 0) is 6.92 Å². The lowest BCUT2D eigenvalue weighted by atomic mass is 10.5. The lowest BCUT2D eigenvalue weighted by Gasteiger charge is -1.93. The van der Waals surface area contributed by atoms with E-state index in [4.69, 9.17) is 16.6 Å². The molecular formula is C6H9NO. The average Bonchev–Trinajstić information content (AvgIpc) is 1.66. The smallest absolute Gasteiger partial charge is 0.107 e. The van der Waals surface area contributed by atoms with E-state index in [1.807, 2.05) is 0 Å². The van der Waals surface area contributed by atoms with E-state index in [1.54, 1.807) is 6.92 Å². The standard InChI is InChI=1S/C6H9NO/c1-3-4-8-5-6(2)7/h1,7H,4-5H2,2H3. The third-order valence-electron chi connectivity index (χ3n) is 0.504. The van der Waals surface area contributed by atoms with E-state index in [0.717, 1.165) is 0 Å². The molecule has 0 spiro atoms. The first-order chi connectivity index (χ1) is 3.77. The summed E-state index contributed by atoms with van der Waals surface area (Å²) in [6, 6.07) is 0. The first-order valence-corrected chi connectivity index (χ1v) is 2.32. The summed E-state index contributed by atoms with van der Waals surface area (Å²) in [4.78, 5) is 0. The molecular weight excluding hydrogens is 102 g/mol. The molecule has 0 aliphatic rings. The fourth-order valence-electron chi connectivity index (χ4n) is 0.263. The summed E-state index contributed by atoms with van der Waals surface area (Å²) in [5.41, 5.74) is 0.500. The van der Waals surface area contributed by atoms with Crippen molar-refractivity contribution in [2.45, 2.75) is 6.92 Å². The Balaban J connectivity index is 2.97. The number of hydrogen-bond donors (Lipinski definition) is 1. The minimum absolute atomic E-state index is 0.302. The Morgan fingerprint density at radius 1 is 1.88 bits per heavy atom. The fourth-order valence-corrected chi connectivity index (χ4v) is 0.263. The van der Waals surface area contributed by atoms with Gasteiger partial charge in [-0.1, -0.05) is 5.92 Å². The molecule has 0 heterocycles. The van der Waals surface area contributed by atoms with E-state index in [9.17, 15) is 0 Å². The zero-order valence-corrected chi connectivity index (χ0v) is 4.90. The van der Waals surface area contributed by atoms with Gasteiger partial charge in [0.2, 0.25) is 0 Å². The van der Waals surface area contributed by atoms with Gasteiger partial charge in [0, 0.05) is 5.71 Å². The molecule has 2 nitrogen and oxygen atoms in total. The fraction of sp³-hybridized carbons (Fsp3) is 0.500. The second-order valence-corrected chi connectivity index (χ2v) is 1.48. The molecule has 2 heteroatoms. The third-order valence-corrected chi connectivity index (χ3v) is 0.504. The maximum atomic E-state index is 6.88. The molecule has 0 fully saturated rings. The van der Waals surface area contributed by atoms with Crippen molar-refractivity contribution >= 4 is 5.71 Å². The van der Waals surface area contributed by atoms with Gasteiger partial charge in [0.05, 0.1) is 6.61 Å². The van der Waals surface area contributed by atoms with Gasteiger partial charge in [-0.3, -0.25) is 0 Å². The Hall–Kier alpha value is -0.810. The van der Waals surface area contributed by atoms with E-state index in [1.165, 1.54) is 0 Å². The van der Waals surface area contributed by atoms with Crippen LogP contribution in [0.3, 0.4) is 0 Å². The van der Waals surface area contributed by atoms with Crippen LogP contribution in [0.2, 0.25) is 0 Å². The van der Waals surface area contributed by atoms with Crippen LogP contribution in [0.1, 0.15) is 6.92 Å². The van der Waals surface area contributed by atoms with Gasteiger partial charge in [0.25, 0.3) is 0 Å². The molecule has 0 aromatic carbocycles. The highest BCUT2D eigenvalue weighted by atomic mass is 16.5. The molecule has 0 aliphatic carbocycles. The van der Waals surface area contributed by atoms with Crippen molar-refractivity contribution in [3.8, 4) is 12.3 Å². The number of nitrogens with one attached hydrogen (secondary N) is 1. The van der Waals surface area contributed by atoms with Gasteiger partial charge in [-0.2, -0.15) is 0 Å². The lowest BCUT2D eigenvalue weighted by molar-refractivity contribution is 0.209. The first-order valence-electron chi connectivity index (χ1n) is 2.32. The molecule has 44 valence electrons. The summed E-state index contributed by atoms with van der Waals surface area (Å²) in [5.74, 6) is 2.30. The highest BCUT2D eigenvalue weighted by Gasteiger charge is 1.83. The Morgan fingerprint density at radius 3 is 2.88 bits per heavy atom. The van der Waals surface area contributed by atoms with Crippen LogP contribution in [0.4, 0.5) is 0 Å². The third kappa shape index (κ3) is 5.19. The van der Waals surface area contributed by atoms with E-state index in [0.29, 0.717) is 18.9 Å². The molecule has 0 amide bonds. The first kappa shape index (κ1) is 7.19. The topological polar surface area (TPSA) is 33.1 Å². The average molecular weight is 111 g/mol. The molecule has 8 heavy (non-hydrogen) atoms. The van der Waals surface area contributed by atoms with Crippen molar-refractivity contribution in [2.24, 2.45) is 0 Å². The van der Waals surface area contributed by atoms with Crippen LogP contribution in [0.5, 0.6) is 0 Å². The molecule has 0 unspecified atom stereocenters. The summed E-state index contributed by atoms with van der Waals surface area (Å²) < 4.78 is 4.78. The molecule has 0 saturated heterocycles. The van der Waals surface area contributed by atoms with Gasteiger partial charge in [-0.25, -0.2) is 0 Å². The summed E-state index contributed by atoms with van der Waals surface area (Å²) in [5, 5.41) is 6.88. The minimum Gasteiger partial charge on any atom is -0.363 e. The molecule has 0 aromatic heterocycles. The maximum Gasteiger partial charge on any atom is 0.107 e. The predicted octanol–water partition coefficient (Wildman–Crippen LogP) is 0.676. The van der Waals surface area contributed by atoms with E-state index in [2.05, 4.69) is 5.92 Å². The summed E-state index contributed by atoms with van der Waals surface area (Å²) in [7, 11) is 0. The monoisotopic (exact) mass is 111 g/mol. The SMILES string of the molecule is C#CCOCC(C)=N. The van der Waals surface area contributed by atoms with Crippen LogP contribution in [0.25, 0.3) is 0 Å². The van der Waals surface area contributed by atoms with Gasteiger partial charge < -0.3 is 10.1 Å². The van der Waals surface area contributed by atoms with E-state index >= 15 is 0 Å².